The van der Waals surface area contributed by atoms with Crippen molar-refractivity contribution in [3.63, 3.8) is 0 Å². The van der Waals surface area contributed by atoms with Gasteiger partial charge < -0.3 is 15.7 Å². The molecule has 0 radical (unpaired) electrons. The molecule has 2 fully saturated rings. The van der Waals surface area contributed by atoms with Gasteiger partial charge in [-0.15, -0.1) is 0 Å². The van der Waals surface area contributed by atoms with Gasteiger partial charge in [-0.2, -0.15) is 4.98 Å². The number of aliphatic hydroxyl groups excluding tert-OH is 1. The van der Waals surface area contributed by atoms with Crippen molar-refractivity contribution in [2.45, 2.75) is 63.6 Å². The molecule has 0 saturated heterocycles. The van der Waals surface area contributed by atoms with Crippen LogP contribution in [0.3, 0.4) is 0 Å². The number of anilines is 2. The van der Waals surface area contributed by atoms with E-state index >= 15 is 0 Å². The van der Waals surface area contributed by atoms with E-state index in [0.717, 1.165) is 37.1 Å². The van der Waals surface area contributed by atoms with E-state index in [0.29, 0.717) is 18.0 Å². The molecule has 1 aromatic rings. The van der Waals surface area contributed by atoms with Gasteiger partial charge in [0.15, 0.2) is 0 Å². The largest absolute Gasteiger partial charge is 0.393 e. The van der Waals surface area contributed by atoms with Crippen molar-refractivity contribution < 1.29 is 5.11 Å². The van der Waals surface area contributed by atoms with Gasteiger partial charge in [0.05, 0.1) is 6.10 Å². The summed E-state index contributed by atoms with van der Waals surface area (Å²) < 4.78 is 0. The highest BCUT2D eigenvalue weighted by Gasteiger charge is 2.23. The van der Waals surface area contributed by atoms with Crippen LogP contribution in [0.15, 0.2) is 6.20 Å². The third-order valence-corrected chi connectivity index (χ3v) is 3.92. The van der Waals surface area contributed by atoms with Crippen LogP contribution in [0.25, 0.3) is 0 Å². The monoisotopic (exact) mass is 262 g/mol. The van der Waals surface area contributed by atoms with Gasteiger partial charge in [-0.1, -0.05) is 0 Å². The van der Waals surface area contributed by atoms with Crippen molar-refractivity contribution in [1.29, 1.82) is 0 Å². The van der Waals surface area contributed by atoms with Gasteiger partial charge in [0.25, 0.3) is 0 Å². The van der Waals surface area contributed by atoms with Gasteiger partial charge in [-0.05, 0) is 45.4 Å². The van der Waals surface area contributed by atoms with E-state index in [4.69, 9.17) is 0 Å². The molecule has 19 heavy (non-hydrogen) atoms. The number of hydrogen-bond donors (Lipinski definition) is 3. The molecule has 5 heteroatoms. The van der Waals surface area contributed by atoms with E-state index in [2.05, 4.69) is 20.6 Å². The van der Waals surface area contributed by atoms with E-state index in [1.165, 1.54) is 12.8 Å². The van der Waals surface area contributed by atoms with Crippen molar-refractivity contribution in [2.24, 2.45) is 0 Å². The molecule has 0 bridgehead atoms. The van der Waals surface area contributed by atoms with Crippen LogP contribution in [0.1, 0.15) is 44.1 Å². The fourth-order valence-corrected chi connectivity index (χ4v) is 2.48. The normalized spacial score (nSPS) is 27.1. The predicted octanol–water partition coefficient (Wildman–Crippen LogP) is 2.07. The van der Waals surface area contributed by atoms with E-state index in [9.17, 15) is 5.11 Å². The molecule has 2 aliphatic rings. The number of rotatable bonds is 4. The standard InChI is InChI=1S/C14H22N4O/c1-9-8-15-14(18-13(9)16-10-2-3-10)17-11-4-6-12(19)7-5-11/h8,10-12,19H,2-7H2,1H3,(H2,15,16,17,18). The van der Waals surface area contributed by atoms with Crippen LogP contribution >= 0.6 is 0 Å². The molecule has 1 heterocycles. The Morgan fingerprint density at radius 1 is 1.05 bits per heavy atom. The predicted molar refractivity (Wildman–Crippen MR) is 75.3 cm³/mol. The first-order chi connectivity index (χ1) is 9.20. The highest BCUT2D eigenvalue weighted by Crippen LogP contribution is 2.26. The summed E-state index contributed by atoms with van der Waals surface area (Å²) in [6.07, 6.45) is 7.96. The number of aryl methyl sites for hydroxylation is 1. The number of hydrogen-bond acceptors (Lipinski definition) is 5. The molecular weight excluding hydrogens is 240 g/mol. The lowest BCUT2D eigenvalue weighted by Crippen LogP contribution is -2.29. The Morgan fingerprint density at radius 3 is 2.37 bits per heavy atom. The molecule has 0 spiro atoms. The lowest BCUT2D eigenvalue weighted by atomic mass is 9.93. The maximum atomic E-state index is 9.51. The second-order valence-corrected chi connectivity index (χ2v) is 5.79. The zero-order chi connectivity index (χ0) is 13.2. The van der Waals surface area contributed by atoms with Gasteiger partial charge >= 0.3 is 0 Å². The SMILES string of the molecule is Cc1cnc(NC2CCC(O)CC2)nc1NC1CC1. The molecule has 0 unspecified atom stereocenters. The number of nitrogens with zero attached hydrogens (tertiary/aromatic N) is 2. The number of nitrogens with one attached hydrogen (secondary N) is 2. The van der Waals surface area contributed by atoms with Crippen molar-refractivity contribution >= 4 is 11.8 Å². The minimum atomic E-state index is -0.121. The minimum absolute atomic E-state index is 0.121. The van der Waals surface area contributed by atoms with Gasteiger partial charge in [0.2, 0.25) is 5.95 Å². The number of aromatic nitrogens is 2. The quantitative estimate of drug-likeness (QED) is 0.775. The Morgan fingerprint density at radius 2 is 1.68 bits per heavy atom. The smallest absolute Gasteiger partial charge is 0.224 e. The average molecular weight is 262 g/mol. The van der Waals surface area contributed by atoms with Crippen molar-refractivity contribution in [1.82, 2.24) is 9.97 Å². The van der Waals surface area contributed by atoms with Gasteiger partial charge in [-0.25, -0.2) is 4.98 Å². The molecule has 3 rings (SSSR count). The Balaban J connectivity index is 1.63. The molecule has 2 saturated carbocycles. The molecule has 0 aromatic carbocycles. The van der Waals surface area contributed by atoms with Crippen LogP contribution in [0.4, 0.5) is 11.8 Å². The van der Waals surface area contributed by atoms with E-state index in [1.807, 2.05) is 13.1 Å². The highest BCUT2D eigenvalue weighted by atomic mass is 16.3. The maximum absolute atomic E-state index is 9.51. The second-order valence-electron chi connectivity index (χ2n) is 5.79. The van der Waals surface area contributed by atoms with Crippen LogP contribution in [-0.2, 0) is 0 Å². The highest BCUT2D eigenvalue weighted by molar-refractivity contribution is 5.48. The summed E-state index contributed by atoms with van der Waals surface area (Å²) in [5.41, 5.74) is 1.09. The Labute approximate surface area is 113 Å². The topological polar surface area (TPSA) is 70.1 Å². The maximum Gasteiger partial charge on any atom is 0.224 e. The van der Waals surface area contributed by atoms with Gasteiger partial charge in [0.1, 0.15) is 5.82 Å². The molecule has 3 N–H and O–H groups in total. The fourth-order valence-electron chi connectivity index (χ4n) is 2.48. The van der Waals surface area contributed by atoms with Crippen molar-refractivity contribution in [2.75, 3.05) is 10.6 Å². The fraction of sp³-hybridized carbons (Fsp3) is 0.714. The molecule has 0 amide bonds. The van der Waals surface area contributed by atoms with Crippen LogP contribution in [0, 0.1) is 6.92 Å². The van der Waals surface area contributed by atoms with Crippen LogP contribution in [0.5, 0.6) is 0 Å². The molecule has 2 aliphatic carbocycles. The van der Waals surface area contributed by atoms with E-state index < -0.39 is 0 Å². The van der Waals surface area contributed by atoms with Gasteiger partial charge in [-0.3, -0.25) is 0 Å². The van der Waals surface area contributed by atoms with Crippen LogP contribution in [-0.4, -0.2) is 33.3 Å². The third-order valence-electron chi connectivity index (χ3n) is 3.92. The van der Waals surface area contributed by atoms with Crippen LogP contribution in [0.2, 0.25) is 0 Å². The molecular formula is C14H22N4O. The summed E-state index contributed by atoms with van der Waals surface area (Å²) in [6, 6.07) is 0.992. The van der Waals surface area contributed by atoms with E-state index in [-0.39, 0.29) is 6.10 Å². The second kappa shape index (κ2) is 5.33. The van der Waals surface area contributed by atoms with Crippen molar-refractivity contribution in [3.05, 3.63) is 11.8 Å². The zero-order valence-corrected chi connectivity index (χ0v) is 11.4. The minimum Gasteiger partial charge on any atom is -0.393 e. The van der Waals surface area contributed by atoms with Crippen LogP contribution < -0.4 is 10.6 Å². The summed E-state index contributed by atoms with van der Waals surface area (Å²) in [4.78, 5) is 8.92. The average Bonchev–Trinajstić information content (AvgIpc) is 3.20. The number of aliphatic hydroxyl groups is 1. The summed E-state index contributed by atoms with van der Waals surface area (Å²) in [6.45, 7) is 2.03. The summed E-state index contributed by atoms with van der Waals surface area (Å²) in [5, 5.41) is 16.3. The summed E-state index contributed by atoms with van der Waals surface area (Å²) >= 11 is 0. The summed E-state index contributed by atoms with van der Waals surface area (Å²) in [7, 11) is 0. The summed E-state index contributed by atoms with van der Waals surface area (Å²) in [5.74, 6) is 1.66. The molecule has 5 nitrogen and oxygen atoms in total. The van der Waals surface area contributed by atoms with E-state index in [1.54, 1.807) is 0 Å². The Kier molecular flexibility index (Phi) is 3.55. The molecule has 0 aliphatic heterocycles. The Bertz CT molecular complexity index is 439. The molecule has 1 aromatic heterocycles. The lowest BCUT2D eigenvalue weighted by molar-refractivity contribution is 0.126. The first-order valence-corrected chi connectivity index (χ1v) is 7.25. The lowest BCUT2D eigenvalue weighted by Gasteiger charge is -2.26. The first-order valence-electron chi connectivity index (χ1n) is 7.25. The molecule has 104 valence electrons. The Hall–Kier alpha value is -1.36. The zero-order valence-electron chi connectivity index (χ0n) is 11.4. The van der Waals surface area contributed by atoms with Gasteiger partial charge in [0, 0.05) is 23.8 Å². The van der Waals surface area contributed by atoms with Crippen molar-refractivity contribution in [3.8, 4) is 0 Å². The third kappa shape index (κ3) is 3.35. The first kappa shape index (κ1) is 12.7. The molecule has 0 atom stereocenters.